The lowest BCUT2D eigenvalue weighted by Gasteiger charge is -2.15. The Morgan fingerprint density at radius 2 is 1.77 bits per heavy atom. The molecule has 0 aliphatic heterocycles. The number of alkyl halides is 3. The summed E-state index contributed by atoms with van der Waals surface area (Å²) in [4.78, 5) is 12.5. The summed E-state index contributed by atoms with van der Waals surface area (Å²) in [5.74, 6) is 0.439. The molecule has 0 saturated carbocycles. The van der Waals surface area contributed by atoms with E-state index in [1.807, 2.05) is 5.32 Å². The Labute approximate surface area is 250 Å². The number of anilines is 2. The van der Waals surface area contributed by atoms with E-state index in [0.717, 1.165) is 17.1 Å². The number of amides is 1. The molecule has 1 atom stereocenters. The number of nitrogens with zero attached hydrogens (tertiary/aromatic N) is 2. The first kappa shape index (κ1) is 31.7. The van der Waals surface area contributed by atoms with Crippen LogP contribution in [0.5, 0.6) is 11.5 Å². The summed E-state index contributed by atoms with van der Waals surface area (Å²) in [5.41, 5.74) is 1.12. The zero-order chi connectivity index (χ0) is 31.1. The predicted molar refractivity (Wildman–Crippen MR) is 155 cm³/mol. The number of hydrogen-bond donors (Lipinski definition) is 3. The van der Waals surface area contributed by atoms with Crippen molar-refractivity contribution in [2.24, 2.45) is 0 Å². The van der Waals surface area contributed by atoms with Gasteiger partial charge in [-0.2, -0.15) is 5.10 Å². The van der Waals surface area contributed by atoms with Crippen molar-refractivity contribution in [1.29, 1.82) is 0 Å². The Balaban J connectivity index is 1.66. The van der Waals surface area contributed by atoms with Crippen molar-refractivity contribution >= 4 is 38.9 Å². The molecule has 1 unspecified atom stereocenters. The minimum Gasteiger partial charge on any atom is -0.497 e. The monoisotopic (exact) mass is 637 g/mol. The molecule has 10 nitrogen and oxygen atoms in total. The summed E-state index contributed by atoms with van der Waals surface area (Å²) < 4.78 is 80.3. The number of ether oxygens (including phenoxy) is 2. The highest BCUT2D eigenvalue weighted by Gasteiger charge is 2.24. The van der Waals surface area contributed by atoms with Crippen LogP contribution >= 0.6 is 11.6 Å². The van der Waals surface area contributed by atoms with E-state index in [1.165, 1.54) is 32.4 Å². The molecule has 1 aromatic heterocycles. The molecule has 0 fully saturated rings. The number of halogens is 4. The highest BCUT2D eigenvalue weighted by atomic mass is 35.5. The number of sulfonamides is 1. The van der Waals surface area contributed by atoms with Crippen LogP contribution in [-0.2, 0) is 27.8 Å². The molecule has 1 heterocycles. The topological polar surface area (TPSA) is 124 Å². The van der Waals surface area contributed by atoms with Crippen LogP contribution in [0.3, 0.4) is 0 Å². The molecule has 4 rings (SSSR count). The Morgan fingerprint density at radius 3 is 2.47 bits per heavy atom. The maximum atomic E-state index is 13.6. The SMILES string of the molecule is COc1ccc(CNS(=O)(=O)c2cc(NC(=O)Cc3ccccc3Cl)ccc2-n2cc(NC(F)C(F)F)cn2)c(OC)c1. The van der Waals surface area contributed by atoms with E-state index in [0.29, 0.717) is 27.6 Å². The third-order valence-electron chi connectivity index (χ3n) is 6.14. The van der Waals surface area contributed by atoms with Gasteiger partial charge in [-0.05, 0) is 35.9 Å². The van der Waals surface area contributed by atoms with Crippen molar-refractivity contribution in [3.8, 4) is 17.2 Å². The summed E-state index contributed by atoms with van der Waals surface area (Å²) in [6.07, 6.45) is -3.78. The van der Waals surface area contributed by atoms with Gasteiger partial charge in [-0.15, -0.1) is 0 Å². The molecule has 0 bridgehead atoms. The van der Waals surface area contributed by atoms with Gasteiger partial charge in [0.1, 0.15) is 16.4 Å². The van der Waals surface area contributed by atoms with Crippen molar-refractivity contribution in [3.63, 3.8) is 0 Å². The van der Waals surface area contributed by atoms with E-state index < -0.39 is 28.7 Å². The summed E-state index contributed by atoms with van der Waals surface area (Å²) in [6.45, 7) is -0.179. The first-order chi connectivity index (χ1) is 20.5. The van der Waals surface area contributed by atoms with Gasteiger partial charge >= 0.3 is 0 Å². The number of benzene rings is 3. The zero-order valence-corrected chi connectivity index (χ0v) is 24.4. The molecule has 3 N–H and O–H groups in total. The Hall–Kier alpha value is -4.27. The van der Waals surface area contributed by atoms with E-state index >= 15 is 0 Å². The lowest BCUT2D eigenvalue weighted by Crippen LogP contribution is -2.25. The minimum absolute atomic E-state index is 0.00111. The third-order valence-corrected chi connectivity index (χ3v) is 7.94. The highest BCUT2D eigenvalue weighted by Crippen LogP contribution is 2.28. The van der Waals surface area contributed by atoms with E-state index in [2.05, 4.69) is 15.1 Å². The molecule has 3 aromatic carbocycles. The average Bonchev–Trinajstić information content (AvgIpc) is 3.45. The van der Waals surface area contributed by atoms with Gasteiger partial charge in [0.2, 0.25) is 22.2 Å². The maximum Gasteiger partial charge on any atom is 0.287 e. The fraction of sp³-hybridized carbons (Fsp3) is 0.214. The van der Waals surface area contributed by atoms with Crippen LogP contribution in [0.1, 0.15) is 11.1 Å². The number of carbonyl (C=O) groups is 1. The molecule has 4 aromatic rings. The summed E-state index contributed by atoms with van der Waals surface area (Å²) >= 11 is 6.16. The van der Waals surface area contributed by atoms with E-state index in [9.17, 15) is 26.4 Å². The lowest BCUT2D eigenvalue weighted by atomic mass is 10.1. The van der Waals surface area contributed by atoms with Crippen molar-refractivity contribution in [1.82, 2.24) is 14.5 Å². The molecule has 228 valence electrons. The zero-order valence-electron chi connectivity index (χ0n) is 22.9. The smallest absolute Gasteiger partial charge is 0.287 e. The highest BCUT2D eigenvalue weighted by molar-refractivity contribution is 7.89. The molecule has 0 spiro atoms. The van der Waals surface area contributed by atoms with Crippen LogP contribution in [0, 0.1) is 0 Å². The largest absolute Gasteiger partial charge is 0.497 e. The summed E-state index contributed by atoms with van der Waals surface area (Å²) in [7, 11) is -1.40. The Bertz CT molecular complexity index is 1700. The number of nitrogens with one attached hydrogen (secondary N) is 3. The van der Waals surface area contributed by atoms with E-state index in [4.69, 9.17) is 21.1 Å². The summed E-state index contributed by atoms with van der Waals surface area (Å²) in [5, 5.41) is 9.04. The molecule has 0 saturated heterocycles. The van der Waals surface area contributed by atoms with Gasteiger partial charge in [0.25, 0.3) is 6.43 Å². The molecular weight excluding hydrogens is 611 g/mol. The lowest BCUT2D eigenvalue weighted by molar-refractivity contribution is -0.115. The van der Waals surface area contributed by atoms with Crippen molar-refractivity contribution in [2.45, 2.75) is 30.6 Å². The van der Waals surface area contributed by atoms with Gasteiger partial charge in [0, 0.05) is 28.9 Å². The van der Waals surface area contributed by atoms with Crippen LogP contribution in [0.2, 0.25) is 5.02 Å². The molecule has 15 heteroatoms. The third kappa shape index (κ3) is 7.97. The van der Waals surface area contributed by atoms with Crippen LogP contribution in [0.4, 0.5) is 24.5 Å². The second-order valence-corrected chi connectivity index (χ2v) is 11.2. The van der Waals surface area contributed by atoms with Crippen LogP contribution < -0.4 is 24.8 Å². The first-order valence-electron chi connectivity index (χ1n) is 12.6. The average molecular weight is 638 g/mol. The summed E-state index contributed by atoms with van der Waals surface area (Å²) in [6, 6.07) is 15.7. The fourth-order valence-corrected chi connectivity index (χ4v) is 5.44. The van der Waals surface area contributed by atoms with Crippen molar-refractivity contribution in [2.75, 3.05) is 24.9 Å². The number of aromatic nitrogens is 2. The van der Waals surface area contributed by atoms with Gasteiger partial charge in [-0.3, -0.25) is 4.79 Å². The number of rotatable bonds is 13. The number of hydrogen-bond acceptors (Lipinski definition) is 7. The molecular formula is C28H27ClF3N5O5S. The second-order valence-electron chi connectivity index (χ2n) is 9.06. The quantitative estimate of drug-likeness (QED) is 0.173. The van der Waals surface area contributed by atoms with E-state index in [-0.39, 0.29) is 34.9 Å². The molecule has 0 aliphatic carbocycles. The number of carbonyl (C=O) groups excluding carboxylic acids is 1. The minimum atomic E-state index is -4.31. The molecule has 1 amide bonds. The van der Waals surface area contributed by atoms with Gasteiger partial charge in [-0.25, -0.2) is 31.0 Å². The second kappa shape index (κ2) is 13.8. The molecule has 0 aliphatic rings. The van der Waals surface area contributed by atoms with Gasteiger partial charge in [0.15, 0.2) is 0 Å². The van der Waals surface area contributed by atoms with Crippen molar-refractivity contribution < 1.29 is 35.9 Å². The van der Waals surface area contributed by atoms with Crippen molar-refractivity contribution in [3.05, 3.63) is 89.2 Å². The molecule has 43 heavy (non-hydrogen) atoms. The molecule has 0 radical (unpaired) electrons. The normalized spacial score (nSPS) is 12.2. The fourth-order valence-electron chi connectivity index (χ4n) is 4.02. The van der Waals surface area contributed by atoms with E-state index in [1.54, 1.807) is 42.5 Å². The first-order valence-corrected chi connectivity index (χ1v) is 14.5. The van der Waals surface area contributed by atoms with Gasteiger partial charge in [0.05, 0.1) is 44.4 Å². The van der Waals surface area contributed by atoms with Gasteiger partial charge in [-0.1, -0.05) is 35.9 Å². The Morgan fingerprint density at radius 1 is 1.00 bits per heavy atom. The number of methoxy groups -OCH3 is 2. The Kier molecular flexibility index (Phi) is 10.2. The van der Waals surface area contributed by atoms with Crippen LogP contribution in [0.15, 0.2) is 78.0 Å². The van der Waals surface area contributed by atoms with Crippen LogP contribution in [0.25, 0.3) is 5.69 Å². The predicted octanol–water partition coefficient (Wildman–Crippen LogP) is 5.18. The standard InChI is InChI=1S/C28H27ClF3N5O5S/c1-41-21-9-7-18(24(13-21)42-2)14-34-43(39,40)25-12-19(35-26(38)11-17-5-3-4-6-22(17)29)8-10-23(25)37-16-20(15-33-37)36-28(32)27(30)31/h3-10,12-13,15-16,27-28,34,36H,11,14H2,1-2H3,(H,35,38). The van der Waals surface area contributed by atoms with Crippen LogP contribution in [-0.4, -0.2) is 51.0 Å². The maximum absolute atomic E-state index is 13.6. The van der Waals surface area contributed by atoms with Gasteiger partial charge < -0.3 is 20.1 Å².